The van der Waals surface area contributed by atoms with Crippen molar-refractivity contribution in [3.05, 3.63) is 23.8 Å². The Hall–Kier alpha value is -0.520. The van der Waals surface area contributed by atoms with Crippen molar-refractivity contribution in [2.24, 2.45) is 0 Å². The molecule has 0 radical (unpaired) electrons. The molecule has 1 N–H and O–H groups in total. The number of ether oxygens (including phenoxy) is 2. The summed E-state index contributed by atoms with van der Waals surface area (Å²) in [6.45, 7) is 1.07. The molecule has 0 amide bonds. The van der Waals surface area contributed by atoms with Crippen molar-refractivity contribution in [3.63, 3.8) is 0 Å². The summed E-state index contributed by atoms with van der Waals surface area (Å²) in [5.74, 6) is 4.11. The Morgan fingerprint density at radius 2 is 1.86 bits per heavy atom. The molecule has 118 valence electrons. The monoisotopic (exact) mass is 327 g/mol. The lowest BCUT2D eigenvalue weighted by Gasteiger charge is -2.37. The lowest BCUT2D eigenvalue weighted by molar-refractivity contribution is 0.354. The molecule has 2 rings (SSSR count). The Morgan fingerprint density at radius 1 is 1.14 bits per heavy atom. The zero-order valence-corrected chi connectivity index (χ0v) is 14.7. The van der Waals surface area contributed by atoms with Crippen molar-refractivity contribution in [2.75, 3.05) is 39.3 Å². The summed E-state index contributed by atoms with van der Waals surface area (Å²) in [6.07, 6.45) is 3.67. The normalized spacial score (nSPS) is 17.5. The van der Waals surface area contributed by atoms with Crippen LogP contribution in [0.2, 0.25) is 0 Å². The molecule has 5 heteroatoms. The van der Waals surface area contributed by atoms with Gasteiger partial charge in [-0.25, -0.2) is 0 Å². The topological polar surface area (TPSA) is 30.5 Å². The van der Waals surface area contributed by atoms with Crippen LogP contribution < -0.4 is 14.8 Å². The van der Waals surface area contributed by atoms with Gasteiger partial charge in [0.2, 0.25) is 0 Å². The van der Waals surface area contributed by atoms with Crippen molar-refractivity contribution in [1.82, 2.24) is 5.32 Å². The van der Waals surface area contributed by atoms with Crippen LogP contribution in [0.25, 0.3) is 0 Å². The van der Waals surface area contributed by atoms with E-state index in [4.69, 9.17) is 9.47 Å². The molecule has 0 spiro atoms. The number of hydrogen-bond donors (Lipinski definition) is 1. The van der Waals surface area contributed by atoms with E-state index in [1.54, 1.807) is 14.2 Å². The SMILES string of the molecule is CNCCCC1(c2ccc(OC)c(OC)c2)SCCCS1. The molecule has 0 bridgehead atoms. The minimum atomic E-state index is 0.161. The smallest absolute Gasteiger partial charge is 0.161 e. The molecule has 0 saturated carbocycles. The van der Waals surface area contributed by atoms with Crippen LogP contribution >= 0.6 is 23.5 Å². The first kappa shape index (κ1) is 16.8. The minimum Gasteiger partial charge on any atom is -0.493 e. The molecular formula is C16H25NO2S2. The Morgan fingerprint density at radius 3 is 2.48 bits per heavy atom. The lowest BCUT2D eigenvalue weighted by Crippen LogP contribution is -2.24. The van der Waals surface area contributed by atoms with Gasteiger partial charge in [-0.1, -0.05) is 6.07 Å². The molecule has 1 heterocycles. The molecule has 0 aliphatic carbocycles. The Balaban J connectivity index is 2.27. The van der Waals surface area contributed by atoms with Gasteiger partial charge in [-0.3, -0.25) is 0 Å². The van der Waals surface area contributed by atoms with Crippen molar-refractivity contribution < 1.29 is 9.47 Å². The van der Waals surface area contributed by atoms with E-state index in [1.165, 1.54) is 36.3 Å². The fourth-order valence-corrected chi connectivity index (χ4v) is 6.02. The van der Waals surface area contributed by atoms with Gasteiger partial charge in [0, 0.05) is 0 Å². The fraction of sp³-hybridized carbons (Fsp3) is 0.625. The third-order valence-electron chi connectivity index (χ3n) is 3.72. The second-order valence-corrected chi connectivity index (χ2v) is 8.13. The Labute approximate surface area is 136 Å². The Kier molecular flexibility index (Phi) is 6.58. The maximum Gasteiger partial charge on any atom is 0.161 e. The Bertz CT molecular complexity index is 448. The van der Waals surface area contributed by atoms with Gasteiger partial charge < -0.3 is 14.8 Å². The largest absolute Gasteiger partial charge is 0.493 e. The first-order chi connectivity index (χ1) is 10.3. The summed E-state index contributed by atoms with van der Waals surface area (Å²) < 4.78 is 11.0. The second-order valence-electron chi connectivity index (χ2n) is 5.08. The number of benzene rings is 1. The van der Waals surface area contributed by atoms with E-state index in [0.29, 0.717) is 0 Å². The van der Waals surface area contributed by atoms with Gasteiger partial charge in [-0.2, -0.15) is 0 Å². The highest BCUT2D eigenvalue weighted by molar-refractivity contribution is 8.18. The van der Waals surface area contributed by atoms with Crippen molar-refractivity contribution >= 4 is 23.5 Å². The highest BCUT2D eigenvalue weighted by atomic mass is 32.2. The average molecular weight is 328 g/mol. The zero-order valence-electron chi connectivity index (χ0n) is 13.1. The molecule has 3 nitrogen and oxygen atoms in total. The van der Waals surface area contributed by atoms with Gasteiger partial charge in [0.05, 0.1) is 18.3 Å². The summed E-state index contributed by atoms with van der Waals surface area (Å²) in [6, 6.07) is 6.39. The summed E-state index contributed by atoms with van der Waals surface area (Å²) in [5, 5.41) is 3.25. The predicted octanol–water partition coefficient (Wildman–Crippen LogP) is 3.73. The van der Waals surface area contributed by atoms with Crippen molar-refractivity contribution in [1.29, 1.82) is 0 Å². The summed E-state index contributed by atoms with van der Waals surface area (Å²) >= 11 is 4.17. The molecule has 1 aromatic carbocycles. The lowest BCUT2D eigenvalue weighted by atomic mass is 10.1. The van der Waals surface area contributed by atoms with E-state index in [-0.39, 0.29) is 4.08 Å². The van der Waals surface area contributed by atoms with Crippen molar-refractivity contribution in [2.45, 2.75) is 23.3 Å². The van der Waals surface area contributed by atoms with E-state index < -0.39 is 0 Å². The maximum atomic E-state index is 5.48. The number of hydrogen-bond acceptors (Lipinski definition) is 5. The first-order valence-electron chi connectivity index (χ1n) is 7.41. The molecule has 1 saturated heterocycles. The molecular weight excluding hydrogens is 302 g/mol. The highest BCUT2D eigenvalue weighted by Gasteiger charge is 2.35. The number of thioether (sulfide) groups is 2. The van der Waals surface area contributed by atoms with Crippen LogP contribution in [0, 0.1) is 0 Å². The van der Waals surface area contributed by atoms with E-state index in [2.05, 4.69) is 41.0 Å². The highest BCUT2D eigenvalue weighted by Crippen LogP contribution is 2.54. The molecule has 1 aromatic rings. The van der Waals surface area contributed by atoms with Crippen LogP contribution in [0.4, 0.5) is 0 Å². The summed E-state index contributed by atoms with van der Waals surface area (Å²) in [4.78, 5) is 0. The van der Waals surface area contributed by atoms with Crippen LogP contribution in [0.5, 0.6) is 11.5 Å². The minimum absolute atomic E-state index is 0.161. The fourth-order valence-electron chi connectivity index (χ4n) is 2.60. The quantitative estimate of drug-likeness (QED) is 0.771. The third kappa shape index (κ3) is 4.02. The molecule has 0 atom stereocenters. The van der Waals surface area contributed by atoms with E-state index >= 15 is 0 Å². The number of methoxy groups -OCH3 is 2. The number of rotatable bonds is 7. The molecule has 0 aromatic heterocycles. The standard InChI is InChI=1S/C16H25NO2S2/c1-17-9-4-8-16(20-10-5-11-21-16)13-6-7-14(18-2)15(12-13)19-3/h6-7,12,17H,4-5,8-11H2,1-3H3. The maximum absolute atomic E-state index is 5.48. The first-order valence-corrected chi connectivity index (χ1v) is 9.38. The van der Waals surface area contributed by atoms with E-state index in [1.807, 2.05) is 13.1 Å². The van der Waals surface area contributed by atoms with Gasteiger partial charge >= 0.3 is 0 Å². The van der Waals surface area contributed by atoms with E-state index in [9.17, 15) is 0 Å². The zero-order chi connectivity index (χ0) is 15.1. The third-order valence-corrected chi connectivity index (χ3v) is 7.22. The summed E-state index contributed by atoms with van der Waals surface area (Å²) in [5.41, 5.74) is 1.35. The van der Waals surface area contributed by atoms with Crippen LogP contribution in [-0.2, 0) is 4.08 Å². The second kappa shape index (κ2) is 8.20. The predicted molar refractivity (Wildman–Crippen MR) is 93.9 cm³/mol. The molecule has 1 fully saturated rings. The van der Waals surface area contributed by atoms with Crippen LogP contribution in [0.15, 0.2) is 18.2 Å². The van der Waals surface area contributed by atoms with Gasteiger partial charge in [0.15, 0.2) is 11.5 Å². The molecule has 21 heavy (non-hydrogen) atoms. The average Bonchev–Trinajstić information content (AvgIpc) is 2.55. The summed E-state index contributed by atoms with van der Waals surface area (Å²) in [7, 11) is 5.41. The van der Waals surface area contributed by atoms with E-state index in [0.717, 1.165) is 18.0 Å². The molecule has 1 aliphatic heterocycles. The van der Waals surface area contributed by atoms with Gasteiger partial charge in [-0.15, -0.1) is 23.5 Å². The van der Waals surface area contributed by atoms with Crippen molar-refractivity contribution in [3.8, 4) is 11.5 Å². The number of nitrogens with one attached hydrogen (secondary N) is 1. The molecule has 1 aliphatic rings. The van der Waals surface area contributed by atoms with Gasteiger partial charge in [0.25, 0.3) is 0 Å². The van der Waals surface area contributed by atoms with Crippen LogP contribution in [0.1, 0.15) is 24.8 Å². The van der Waals surface area contributed by atoms with Crippen LogP contribution in [0.3, 0.4) is 0 Å². The van der Waals surface area contributed by atoms with Crippen LogP contribution in [-0.4, -0.2) is 39.3 Å². The van der Waals surface area contributed by atoms with Gasteiger partial charge in [-0.05, 0) is 62.1 Å². The molecule has 0 unspecified atom stereocenters. The van der Waals surface area contributed by atoms with Gasteiger partial charge in [0.1, 0.15) is 0 Å².